The van der Waals surface area contributed by atoms with Gasteiger partial charge in [-0.2, -0.15) is 0 Å². The van der Waals surface area contributed by atoms with Crippen LogP contribution in [-0.4, -0.2) is 20.4 Å². The standard InChI is InChI=1S/C15H15NO3S2/c1-10-8-12(15(20-10)21(2,17)18)13-9-14(19-16-13)11-6-4-3-5-7-11/h3-8,14H,9H2,1-2H3/t14-/m1/s1. The van der Waals surface area contributed by atoms with E-state index in [1.54, 1.807) is 0 Å². The number of hydrogen-bond donors (Lipinski definition) is 0. The number of aryl methyl sites for hydroxylation is 1. The number of hydrogen-bond acceptors (Lipinski definition) is 5. The lowest BCUT2D eigenvalue weighted by Gasteiger charge is -2.07. The minimum Gasteiger partial charge on any atom is -0.387 e. The van der Waals surface area contributed by atoms with E-state index in [1.807, 2.05) is 43.3 Å². The molecule has 1 aliphatic rings. The van der Waals surface area contributed by atoms with Crippen molar-refractivity contribution in [1.82, 2.24) is 0 Å². The SMILES string of the molecule is Cc1cc(C2=NO[C@@H](c3ccccc3)C2)c(S(C)(=O)=O)s1. The Labute approximate surface area is 128 Å². The molecule has 1 atom stereocenters. The van der Waals surface area contributed by atoms with Crippen LogP contribution in [0.4, 0.5) is 0 Å². The van der Waals surface area contributed by atoms with Gasteiger partial charge in [0.25, 0.3) is 0 Å². The van der Waals surface area contributed by atoms with Crippen LogP contribution in [-0.2, 0) is 14.7 Å². The topological polar surface area (TPSA) is 55.7 Å². The van der Waals surface area contributed by atoms with Crippen LogP contribution in [0.25, 0.3) is 0 Å². The fourth-order valence-corrected chi connectivity index (χ4v) is 4.68. The third-order valence-corrected chi connectivity index (χ3v) is 6.21. The molecule has 110 valence electrons. The van der Waals surface area contributed by atoms with Gasteiger partial charge in [0.2, 0.25) is 0 Å². The first-order chi connectivity index (χ1) is 9.95. The molecule has 0 amide bonds. The zero-order valence-corrected chi connectivity index (χ0v) is 13.4. The fourth-order valence-electron chi connectivity index (χ4n) is 2.35. The summed E-state index contributed by atoms with van der Waals surface area (Å²) in [4.78, 5) is 6.44. The molecule has 2 heterocycles. The molecule has 0 saturated heterocycles. The van der Waals surface area contributed by atoms with E-state index in [9.17, 15) is 8.42 Å². The average molecular weight is 321 g/mol. The Bertz CT molecular complexity index is 792. The maximum atomic E-state index is 11.9. The molecule has 21 heavy (non-hydrogen) atoms. The van der Waals surface area contributed by atoms with Crippen LogP contribution in [0.2, 0.25) is 0 Å². The number of sulfone groups is 1. The average Bonchev–Trinajstić information content (AvgIpc) is 3.05. The lowest BCUT2D eigenvalue weighted by atomic mass is 10.0. The van der Waals surface area contributed by atoms with Crippen molar-refractivity contribution in [3.05, 3.63) is 52.4 Å². The van der Waals surface area contributed by atoms with Gasteiger partial charge in [-0.25, -0.2) is 8.42 Å². The zero-order chi connectivity index (χ0) is 15.0. The Balaban J connectivity index is 1.91. The van der Waals surface area contributed by atoms with Crippen LogP contribution in [0.5, 0.6) is 0 Å². The molecule has 0 radical (unpaired) electrons. The summed E-state index contributed by atoms with van der Waals surface area (Å²) in [6.07, 6.45) is 1.67. The highest BCUT2D eigenvalue weighted by molar-refractivity contribution is 7.92. The summed E-state index contributed by atoms with van der Waals surface area (Å²) in [6.45, 7) is 1.90. The Kier molecular flexibility index (Phi) is 3.59. The molecule has 1 aliphatic heterocycles. The molecule has 6 heteroatoms. The molecule has 0 aliphatic carbocycles. The van der Waals surface area contributed by atoms with Gasteiger partial charge in [0.05, 0.1) is 5.71 Å². The highest BCUT2D eigenvalue weighted by Gasteiger charge is 2.28. The second-order valence-corrected chi connectivity index (χ2v) is 8.54. The maximum Gasteiger partial charge on any atom is 0.185 e. The first kappa shape index (κ1) is 14.3. The van der Waals surface area contributed by atoms with Crippen molar-refractivity contribution in [3.63, 3.8) is 0 Å². The van der Waals surface area contributed by atoms with Crippen molar-refractivity contribution in [2.45, 2.75) is 23.7 Å². The summed E-state index contributed by atoms with van der Waals surface area (Å²) in [6, 6.07) is 11.7. The highest BCUT2D eigenvalue weighted by atomic mass is 32.2. The maximum absolute atomic E-state index is 11.9. The monoisotopic (exact) mass is 321 g/mol. The minimum absolute atomic E-state index is 0.145. The summed E-state index contributed by atoms with van der Waals surface area (Å²) < 4.78 is 24.2. The largest absolute Gasteiger partial charge is 0.387 e. The first-order valence-corrected chi connectivity index (χ1v) is 9.24. The molecule has 0 spiro atoms. The molecular weight excluding hydrogens is 306 g/mol. The van der Waals surface area contributed by atoms with E-state index in [1.165, 1.54) is 17.6 Å². The molecule has 0 bridgehead atoms. The van der Waals surface area contributed by atoms with Crippen molar-refractivity contribution in [2.75, 3.05) is 6.26 Å². The van der Waals surface area contributed by atoms with Crippen molar-refractivity contribution in [1.29, 1.82) is 0 Å². The summed E-state index contributed by atoms with van der Waals surface area (Å²) in [5.41, 5.74) is 2.43. The summed E-state index contributed by atoms with van der Waals surface area (Å²) in [5, 5.41) is 4.11. The molecule has 4 nitrogen and oxygen atoms in total. The summed E-state index contributed by atoms with van der Waals surface area (Å²) >= 11 is 1.28. The minimum atomic E-state index is -3.25. The smallest absolute Gasteiger partial charge is 0.185 e. The molecule has 0 saturated carbocycles. The lowest BCUT2D eigenvalue weighted by Crippen LogP contribution is -2.05. The Morgan fingerprint density at radius 2 is 2.00 bits per heavy atom. The van der Waals surface area contributed by atoms with Gasteiger partial charge in [-0.1, -0.05) is 35.5 Å². The van der Waals surface area contributed by atoms with Gasteiger partial charge in [0.1, 0.15) is 4.21 Å². The van der Waals surface area contributed by atoms with Crippen molar-refractivity contribution >= 4 is 26.9 Å². The Morgan fingerprint density at radius 1 is 1.29 bits per heavy atom. The number of benzene rings is 1. The fraction of sp³-hybridized carbons (Fsp3) is 0.267. The Morgan fingerprint density at radius 3 is 2.67 bits per heavy atom. The first-order valence-electron chi connectivity index (χ1n) is 6.53. The van der Waals surface area contributed by atoms with Crippen LogP contribution in [0.1, 0.15) is 28.5 Å². The Hall–Kier alpha value is -1.66. The lowest BCUT2D eigenvalue weighted by molar-refractivity contribution is 0.0857. The molecule has 1 aromatic carbocycles. The van der Waals surface area contributed by atoms with Crippen LogP contribution in [0.3, 0.4) is 0 Å². The second-order valence-electron chi connectivity index (χ2n) is 5.08. The van der Waals surface area contributed by atoms with E-state index in [0.29, 0.717) is 21.9 Å². The van der Waals surface area contributed by atoms with Gasteiger partial charge in [-0.3, -0.25) is 0 Å². The van der Waals surface area contributed by atoms with E-state index in [2.05, 4.69) is 5.16 Å². The van der Waals surface area contributed by atoms with Gasteiger partial charge >= 0.3 is 0 Å². The molecule has 1 aromatic heterocycles. The van der Waals surface area contributed by atoms with Gasteiger partial charge in [0, 0.05) is 23.1 Å². The molecule has 0 fully saturated rings. The summed E-state index contributed by atoms with van der Waals surface area (Å²) in [7, 11) is -3.25. The van der Waals surface area contributed by atoms with E-state index >= 15 is 0 Å². The predicted octanol–water partition coefficient (Wildman–Crippen LogP) is 3.33. The summed E-state index contributed by atoms with van der Waals surface area (Å²) in [5.74, 6) is 0. The predicted molar refractivity (Wildman–Crippen MR) is 83.6 cm³/mol. The van der Waals surface area contributed by atoms with Gasteiger partial charge in [-0.05, 0) is 18.6 Å². The normalized spacial score (nSPS) is 18.4. The molecular formula is C15H15NO3S2. The molecule has 2 aromatic rings. The molecule has 0 unspecified atom stereocenters. The van der Waals surface area contributed by atoms with E-state index < -0.39 is 9.84 Å². The van der Waals surface area contributed by atoms with Crippen LogP contribution >= 0.6 is 11.3 Å². The van der Waals surface area contributed by atoms with Crippen LogP contribution in [0.15, 0.2) is 45.8 Å². The van der Waals surface area contributed by atoms with Crippen LogP contribution < -0.4 is 0 Å². The molecule has 3 rings (SSSR count). The third-order valence-electron chi connectivity index (χ3n) is 3.31. The van der Waals surface area contributed by atoms with Crippen molar-refractivity contribution in [2.24, 2.45) is 5.16 Å². The molecule has 0 N–H and O–H groups in total. The second kappa shape index (κ2) is 5.27. The van der Waals surface area contributed by atoms with Crippen molar-refractivity contribution in [3.8, 4) is 0 Å². The number of thiophene rings is 1. The van der Waals surface area contributed by atoms with E-state index in [0.717, 1.165) is 10.4 Å². The van der Waals surface area contributed by atoms with Crippen molar-refractivity contribution < 1.29 is 13.3 Å². The quantitative estimate of drug-likeness (QED) is 0.871. The van der Waals surface area contributed by atoms with Gasteiger partial charge in [0.15, 0.2) is 15.9 Å². The zero-order valence-electron chi connectivity index (χ0n) is 11.7. The van der Waals surface area contributed by atoms with Gasteiger partial charge < -0.3 is 4.84 Å². The van der Waals surface area contributed by atoms with Gasteiger partial charge in [-0.15, -0.1) is 11.3 Å². The number of rotatable bonds is 3. The van der Waals surface area contributed by atoms with Crippen LogP contribution in [0, 0.1) is 6.92 Å². The number of oxime groups is 1. The number of nitrogens with zero attached hydrogens (tertiary/aromatic N) is 1. The van der Waals surface area contributed by atoms with E-state index in [-0.39, 0.29) is 6.10 Å². The van der Waals surface area contributed by atoms with E-state index in [4.69, 9.17) is 4.84 Å². The highest BCUT2D eigenvalue weighted by Crippen LogP contribution is 2.34. The third kappa shape index (κ3) is 2.87.